The van der Waals surface area contributed by atoms with Crippen molar-refractivity contribution < 1.29 is 19.5 Å². The normalized spacial score (nSPS) is 19.3. The Morgan fingerprint density at radius 2 is 2.00 bits per heavy atom. The molecule has 0 saturated heterocycles. The summed E-state index contributed by atoms with van der Waals surface area (Å²) >= 11 is 0. The number of carboxylic acids is 1. The summed E-state index contributed by atoms with van der Waals surface area (Å²) in [7, 11) is 0. The number of aliphatic carboxylic acids is 1. The molecule has 21 heavy (non-hydrogen) atoms. The number of anilines is 1. The van der Waals surface area contributed by atoms with Gasteiger partial charge in [0.05, 0.1) is 0 Å². The largest absolute Gasteiger partial charge is 0.479 e. The number of hydrogen-bond donors (Lipinski definition) is 2. The van der Waals surface area contributed by atoms with Crippen LogP contribution in [0.4, 0.5) is 5.69 Å². The molecular formula is C15H18N2O4. The van der Waals surface area contributed by atoms with Crippen molar-refractivity contribution in [2.24, 2.45) is 0 Å². The maximum Gasteiger partial charge on any atom is 0.331 e. The van der Waals surface area contributed by atoms with Crippen molar-refractivity contribution in [3.8, 4) is 0 Å². The maximum atomic E-state index is 11.5. The molecule has 1 aliphatic heterocycles. The molecule has 112 valence electrons. The van der Waals surface area contributed by atoms with E-state index in [1.54, 1.807) is 0 Å². The average Bonchev–Trinajstić information content (AvgIpc) is 3.17. The molecule has 1 heterocycles. The standard InChI is InChI=1S/C14H16N2O3.CH2O/c1-8(17)16-7-9-6-11(15-10-2-3-10)4-5-12(9)13(16)14(18)19;1-2/h4-6,10,13,15H,2-3,7H2,1H3,(H,18,19);1H2. The predicted molar refractivity (Wildman–Crippen MR) is 76.8 cm³/mol. The summed E-state index contributed by atoms with van der Waals surface area (Å²) in [6.07, 6.45) is 2.38. The first-order valence-corrected chi connectivity index (χ1v) is 6.74. The number of amides is 1. The first kappa shape index (κ1) is 15.0. The number of carbonyl (C=O) groups is 3. The van der Waals surface area contributed by atoms with Gasteiger partial charge in [-0.2, -0.15) is 0 Å². The lowest BCUT2D eigenvalue weighted by Crippen LogP contribution is -2.31. The lowest BCUT2D eigenvalue weighted by molar-refractivity contribution is -0.149. The van der Waals surface area contributed by atoms with Gasteiger partial charge in [0.15, 0.2) is 6.04 Å². The molecule has 1 atom stereocenters. The zero-order valence-electron chi connectivity index (χ0n) is 11.8. The van der Waals surface area contributed by atoms with Crippen molar-refractivity contribution >= 4 is 24.4 Å². The fourth-order valence-corrected chi connectivity index (χ4v) is 2.56. The number of carbonyl (C=O) groups excluding carboxylic acids is 2. The summed E-state index contributed by atoms with van der Waals surface area (Å²) < 4.78 is 0. The van der Waals surface area contributed by atoms with Crippen LogP contribution in [0.5, 0.6) is 0 Å². The van der Waals surface area contributed by atoms with Gasteiger partial charge in [0, 0.05) is 25.2 Å². The SMILES string of the molecule is C=O.CC(=O)N1Cc2cc(NC3CC3)ccc2C1C(=O)O. The van der Waals surface area contributed by atoms with Crippen LogP contribution in [-0.4, -0.2) is 34.7 Å². The van der Waals surface area contributed by atoms with Crippen LogP contribution in [0.15, 0.2) is 18.2 Å². The van der Waals surface area contributed by atoms with Crippen molar-refractivity contribution in [1.82, 2.24) is 4.90 Å². The first-order valence-electron chi connectivity index (χ1n) is 6.74. The van der Waals surface area contributed by atoms with Gasteiger partial charge >= 0.3 is 5.97 Å². The van der Waals surface area contributed by atoms with Crippen LogP contribution in [0.2, 0.25) is 0 Å². The van der Waals surface area contributed by atoms with E-state index < -0.39 is 12.0 Å². The van der Waals surface area contributed by atoms with Gasteiger partial charge in [0.2, 0.25) is 5.91 Å². The van der Waals surface area contributed by atoms with Crippen molar-refractivity contribution in [2.75, 3.05) is 5.32 Å². The van der Waals surface area contributed by atoms with E-state index in [0.29, 0.717) is 12.6 Å². The molecule has 1 fully saturated rings. The second-order valence-corrected chi connectivity index (χ2v) is 5.22. The molecule has 3 rings (SSSR count). The van der Waals surface area contributed by atoms with E-state index in [0.717, 1.165) is 16.8 Å². The molecule has 6 nitrogen and oxygen atoms in total. The van der Waals surface area contributed by atoms with Gasteiger partial charge in [0.1, 0.15) is 6.79 Å². The van der Waals surface area contributed by atoms with Crippen LogP contribution in [0, 0.1) is 0 Å². The Morgan fingerprint density at radius 1 is 1.33 bits per heavy atom. The van der Waals surface area contributed by atoms with E-state index in [4.69, 9.17) is 4.79 Å². The Bertz CT molecular complexity index is 569. The number of hydrogen-bond acceptors (Lipinski definition) is 4. The lowest BCUT2D eigenvalue weighted by Gasteiger charge is -2.19. The number of rotatable bonds is 3. The fourth-order valence-electron chi connectivity index (χ4n) is 2.56. The van der Waals surface area contributed by atoms with Gasteiger partial charge in [-0.15, -0.1) is 0 Å². The molecule has 0 radical (unpaired) electrons. The number of carboxylic acid groups (broad SMARTS) is 1. The van der Waals surface area contributed by atoms with E-state index in [1.807, 2.05) is 25.0 Å². The van der Waals surface area contributed by atoms with Gasteiger partial charge in [-0.1, -0.05) is 6.07 Å². The third kappa shape index (κ3) is 3.04. The topological polar surface area (TPSA) is 86.7 Å². The lowest BCUT2D eigenvalue weighted by atomic mass is 10.0. The number of fused-ring (bicyclic) bond motifs is 1. The zero-order valence-corrected chi connectivity index (χ0v) is 11.8. The molecule has 1 aromatic rings. The predicted octanol–water partition coefficient (Wildman–Crippen LogP) is 1.56. The highest BCUT2D eigenvalue weighted by Gasteiger charge is 2.37. The third-order valence-corrected chi connectivity index (χ3v) is 3.68. The summed E-state index contributed by atoms with van der Waals surface area (Å²) in [5.41, 5.74) is 2.66. The van der Waals surface area contributed by atoms with E-state index in [1.165, 1.54) is 24.7 Å². The highest BCUT2D eigenvalue weighted by molar-refractivity contribution is 5.85. The van der Waals surface area contributed by atoms with Gasteiger partial charge < -0.3 is 20.1 Å². The fraction of sp³-hybridized carbons (Fsp3) is 0.400. The Hall–Kier alpha value is -2.37. The average molecular weight is 290 g/mol. The van der Waals surface area contributed by atoms with Crippen molar-refractivity contribution in [3.05, 3.63) is 29.3 Å². The quantitative estimate of drug-likeness (QED) is 0.882. The second-order valence-electron chi connectivity index (χ2n) is 5.22. The molecular weight excluding hydrogens is 272 g/mol. The van der Waals surface area contributed by atoms with Gasteiger partial charge in [-0.05, 0) is 36.1 Å². The zero-order chi connectivity index (χ0) is 15.6. The number of nitrogens with zero attached hydrogens (tertiary/aromatic N) is 1. The van der Waals surface area contributed by atoms with Gasteiger partial charge in [-0.25, -0.2) is 4.79 Å². The molecule has 1 aromatic carbocycles. The molecule has 0 aromatic heterocycles. The summed E-state index contributed by atoms with van der Waals surface area (Å²) in [6.45, 7) is 3.78. The molecule has 1 saturated carbocycles. The molecule has 1 aliphatic carbocycles. The van der Waals surface area contributed by atoms with E-state index in [2.05, 4.69) is 5.32 Å². The molecule has 0 bridgehead atoms. The third-order valence-electron chi connectivity index (χ3n) is 3.68. The van der Waals surface area contributed by atoms with Crippen molar-refractivity contribution in [1.29, 1.82) is 0 Å². The summed E-state index contributed by atoms with van der Waals surface area (Å²) in [5, 5.41) is 12.7. The highest BCUT2D eigenvalue weighted by atomic mass is 16.4. The minimum atomic E-state index is -0.975. The van der Waals surface area contributed by atoms with E-state index in [-0.39, 0.29) is 5.91 Å². The summed E-state index contributed by atoms with van der Waals surface area (Å²) in [5.74, 6) is -1.18. The Labute approximate surface area is 122 Å². The van der Waals surface area contributed by atoms with Crippen LogP contribution in [0.3, 0.4) is 0 Å². The van der Waals surface area contributed by atoms with E-state index in [9.17, 15) is 14.7 Å². The smallest absolute Gasteiger partial charge is 0.331 e. The first-order chi connectivity index (χ1) is 10.1. The van der Waals surface area contributed by atoms with Crippen molar-refractivity contribution in [2.45, 2.75) is 38.4 Å². The molecule has 2 N–H and O–H groups in total. The Morgan fingerprint density at radius 3 is 2.52 bits per heavy atom. The van der Waals surface area contributed by atoms with Crippen LogP contribution in [0.1, 0.15) is 36.9 Å². The summed E-state index contributed by atoms with van der Waals surface area (Å²) in [4.78, 5) is 32.3. The molecule has 2 aliphatic rings. The molecule has 0 spiro atoms. The highest BCUT2D eigenvalue weighted by Crippen LogP contribution is 2.36. The maximum absolute atomic E-state index is 11.5. The summed E-state index contributed by atoms with van der Waals surface area (Å²) in [6, 6.07) is 5.39. The molecule has 6 heteroatoms. The monoisotopic (exact) mass is 290 g/mol. The number of benzene rings is 1. The van der Waals surface area contributed by atoms with Crippen LogP contribution in [0.25, 0.3) is 0 Å². The van der Waals surface area contributed by atoms with Gasteiger partial charge in [-0.3, -0.25) is 4.79 Å². The molecule has 1 amide bonds. The minimum Gasteiger partial charge on any atom is -0.479 e. The van der Waals surface area contributed by atoms with Gasteiger partial charge in [0.25, 0.3) is 0 Å². The number of nitrogens with one attached hydrogen (secondary N) is 1. The van der Waals surface area contributed by atoms with Crippen LogP contribution >= 0.6 is 0 Å². The second kappa shape index (κ2) is 5.95. The Kier molecular flexibility index (Phi) is 4.26. The Balaban J connectivity index is 0.000000774. The molecule has 1 unspecified atom stereocenters. The van der Waals surface area contributed by atoms with Crippen LogP contribution < -0.4 is 5.32 Å². The van der Waals surface area contributed by atoms with Crippen LogP contribution in [-0.2, 0) is 20.9 Å². The van der Waals surface area contributed by atoms with Crippen molar-refractivity contribution in [3.63, 3.8) is 0 Å². The van der Waals surface area contributed by atoms with E-state index >= 15 is 0 Å². The minimum absolute atomic E-state index is 0.208.